The normalized spacial score (nSPS) is 22.8. The zero-order chi connectivity index (χ0) is 12.5. The minimum atomic E-state index is 0.296. The minimum Gasteiger partial charge on any atom is -0.396 e. The van der Waals surface area contributed by atoms with Gasteiger partial charge in [0.05, 0.1) is 17.9 Å². The van der Waals surface area contributed by atoms with Crippen molar-refractivity contribution in [2.24, 2.45) is 5.92 Å². The fourth-order valence-corrected chi connectivity index (χ4v) is 2.51. The van der Waals surface area contributed by atoms with Gasteiger partial charge in [0.25, 0.3) is 0 Å². The van der Waals surface area contributed by atoms with Crippen LogP contribution < -0.4 is 0 Å². The van der Waals surface area contributed by atoms with Gasteiger partial charge in [-0.3, -0.25) is 9.67 Å². The van der Waals surface area contributed by atoms with Gasteiger partial charge in [-0.1, -0.05) is 6.07 Å². The molecule has 0 amide bonds. The van der Waals surface area contributed by atoms with Crippen molar-refractivity contribution in [2.45, 2.75) is 25.8 Å². The number of aliphatic hydroxyl groups is 1. The third kappa shape index (κ3) is 1.93. The van der Waals surface area contributed by atoms with E-state index >= 15 is 0 Å². The highest BCUT2D eigenvalue weighted by Gasteiger charge is 2.30. The molecule has 1 saturated carbocycles. The van der Waals surface area contributed by atoms with E-state index in [4.69, 9.17) is 5.11 Å². The van der Waals surface area contributed by atoms with Crippen molar-refractivity contribution >= 4 is 0 Å². The van der Waals surface area contributed by atoms with Crippen LogP contribution in [-0.4, -0.2) is 26.5 Å². The lowest BCUT2D eigenvalue weighted by molar-refractivity contribution is 0.105. The summed E-state index contributed by atoms with van der Waals surface area (Å²) in [7, 11) is 0. The molecule has 0 unspecified atom stereocenters. The first-order valence-corrected chi connectivity index (χ1v) is 6.35. The summed E-state index contributed by atoms with van der Waals surface area (Å²) < 4.78 is 2.01. The van der Waals surface area contributed by atoms with E-state index in [2.05, 4.69) is 29.3 Å². The summed E-state index contributed by atoms with van der Waals surface area (Å²) in [6.45, 7) is 2.36. The third-order valence-corrected chi connectivity index (χ3v) is 3.73. The predicted octanol–water partition coefficient (Wildman–Crippen LogP) is 2.20. The Morgan fingerprint density at radius 2 is 2.28 bits per heavy atom. The lowest BCUT2D eigenvalue weighted by atomic mass is 9.81. The van der Waals surface area contributed by atoms with E-state index in [-0.39, 0.29) is 0 Å². The SMILES string of the molecule is Cc1cccnc1-c1cnn([C@H]2C[C@H](CO)C2)c1. The Kier molecular flexibility index (Phi) is 2.88. The second-order valence-corrected chi connectivity index (χ2v) is 5.05. The van der Waals surface area contributed by atoms with Gasteiger partial charge in [0, 0.05) is 24.6 Å². The monoisotopic (exact) mass is 243 g/mol. The molecule has 2 aromatic heterocycles. The Balaban J connectivity index is 1.80. The molecule has 1 N–H and O–H groups in total. The number of aliphatic hydroxyl groups excluding tert-OH is 1. The number of aryl methyl sites for hydroxylation is 1. The number of hydrogen-bond donors (Lipinski definition) is 1. The highest BCUT2D eigenvalue weighted by atomic mass is 16.3. The van der Waals surface area contributed by atoms with Crippen LogP contribution in [0.1, 0.15) is 24.4 Å². The molecular weight excluding hydrogens is 226 g/mol. The van der Waals surface area contributed by atoms with Crippen LogP contribution in [0.15, 0.2) is 30.7 Å². The molecular formula is C14H17N3O. The quantitative estimate of drug-likeness (QED) is 0.899. The average Bonchev–Trinajstić information content (AvgIpc) is 2.77. The van der Waals surface area contributed by atoms with Gasteiger partial charge in [0.1, 0.15) is 0 Å². The zero-order valence-electron chi connectivity index (χ0n) is 10.5. The number of nitrogens with zero attached hydrogens (tertiary/aromatic N) is 3. The summed E-state index contributed by atoms with van der Waals surface area (Å²) in [6.07, 6.45) is 7.80. The average molecular weight is 243 g/mol. The molecule has 0 atom stereocenters. The first-order chi connectivity index (χ1) is 8.78. The predicted molar refractivity (Wildman–Crippen MR) is 69.0 cm³/mol. The summed E-state index contributed by atoms with van der Waals surface area (Å²) in [5.74, 6) is 0.458. The Bertz CT molecular complexity index is 543. The maximum absolute atomic E-state index is 9.03. The highest BCUT2D eigenvalue weighted by Crippen LogP contribution is 2.37. The van der Waals surface area contributed by atoms with Crippen LogP contribution in [-0.2, 0) is 0 Å². The summed E-state index contributed by atoms with van der Waals surface area (Å²) in [4.78, 5) is 4.40. The standard InChI is InChI=1S/C14H17N3O/c1-10-3-2-4-15-14(10)12-7-16-17(8-12)13-5-11(6-13)9-18/h2-4,7-8,11,13,18H,5-6,9H2,1H3/t11-,13-. The summed E-state index contributed by atoms with van der Waals surface area (Å²) in [5, 5.41) is 13.5. The molecule has 1 fully saturated rings. The molecule has 94 valence electrons. The Labute approximate surface area is 106 Å². The number of hydrogen-bond acceptors (Lipinski definition) is 3. The van der Waals surface area contributed by atoms with Gasteiger partial charge in [0.2, 0.25) is 0 Å². The van der Waals surface area contributed by atoms with Crippen molar-refractivity contribution in [1.29, 1.82) is 0 Å². The summed E-state index contributed by atoms with van der Waals surface area (Å²) >= 11 is 0. The van der Waals surface area contributed by atoms with Crippen molar-refractivity contribution in [1.82, 2.24) is 14.8 Å². The van der Waals surface area contributed by atoms with Gasteiger partial charge in [-0.15, -0.1) is 0 Å². The van der Waals surface area contributed by atoms with Crippen molar-refractivity contribution < 1.29 is 5.11 Å². The summed E-state index contributed by atoms with van der Waals surface area (Å²) in [6, 6.07) is 4.45. The zero-order valence-corrected chi connectivity index (χ0v) is 10.5. The lowest BCUT2D eigenvalue weighted by Crippen LogP contribution is -2.29. The topological polar surface area (TPSA) is 50.9 Å². The van der Waals surface area contributed by atoms with E-state index in [9.17, 15) is 0 Å². The molecule has 18 heavy (non-hydrogen) atoms. The largest absolute Gasteiger partial charge is 0.396 e. The van der Waals surface area contributed by atoms with Crippen LogP contribution in [0.2, 0.25) is 0 Å². The molecule has 0 radical (unpaired) electrons. The third-order valence-electron chi connectivity index (χ3n) is 3.73. The van der Waals surface area contributed by atoms with Gasteiger partial charge in [0.15, 0.2) is 0 Å². The van der Waals surface area contributed by atoms with Gasteiger partial charge in [-0.2, -0.15) is 5.10 Å². The molecule has 0 spiro atoms. The number of aromatic nitrogens is 3. The maximum Gasteiger partial charge on any atom is 0.0762 e. The van der Waals surface area contributed by atoms with Crippen molar-refractivity contribution in [3.05, 3.63) is 36.3 Å². The molecule has 4 nitrogen and oxygen atoms in total. The van der Waals surface area contributed by atoms with Crippen molar-refractivity contribution in [3.8, 4) is 11.3 Å². The van der Waals surface area contributed by atoms with E-state index in [0.29, 0.717) is 18.6 Å². The molecule has 0 aliphatic heterocycles. The highest BCUT2D eigenvalue weighted by molar-refractivity contribution is 5.60. The Hall–Kier alpha value is -1.68. The van der Waals surface area contributed by atoms with E-state index < -0.39 is 0 Å². The van der Waals surface area contributed by atoms with Crippen molar-refractivity contribution in [3.63, 3.8) is 0 Å². The van der Waals surface area contributed by atoms with Gasteiger partial charge >= 0.3 is 0 Å². The van der Waals surface area contributed by atoms with E-state index in [0.717, 1.165) is 24.1 Å². The van der Waals surface area contributed by atoms with Crippen LogP contribution in [0.3, 0.4) is 0 Å². The van der Waals surface area contributed by atoms with E-state index in [1.807, 2.05) is 23.1 Å². The Morgan fingerprint density at radius 3 is 3.00 bits per heavy atom. The number of rotatable bonds is 3. The first-order valence-electron chi connectivity index (χ1n) is 6.35. The van der Waals surface area contributed by atoms with E-state index in [1.54, 1.807) is 0 Å². The smallest absolute Gasteiger partial charge is 0.0762 e. The second-order valence-electron chi connectivity index (χ2n) is 5.05. The van der Waals surface area contributed by atoms with Crippen LogP contribution in [0.5, 0.6) is 0 Å². The lowest BCUT2D eigenvalue weighted by Gasteiger charge is -2.33. The molecule has 2 aromatic rings. The van der Waals surface area contributed by atoms with Crippen molar-refractivity contribution in [2.75, 3.05) is 6.61 Å². The summed E-state index contributed by atoms with van der Waals surface area (Å²) in [5.41, 5.74) is 3.24. The van der Waals surface area contributed by atoms with Gasteiger partial charge < -0.3 is 5.11 Å². The fraction of sp³-hybridized carbons (Fsp3) is 0.429. The van der Waals surface area contributed by atoms with Crippen LogP contribution in [0, 0.1) is 12.8 Å². The molecule has 1 aliphatic rings. The molecule has 1 aliphatic carbocycles. The second kappa shape index (κ2) is 4.53. The van der Waals surface area contributed by atoms with E-state index in [1.165, 1.54) is 5.56 Å². The van der Waals surface area contributed by atoms with Gasteiger partial charge in [-0.25, -0.2) is 0 Å². The molecule has 2 heterocycles. The molecule has 0 bridgehead atoms. The first kappa shape index (κ1) is 11.4. The maximum atomic E-state index is 9.03. The molecule has 4 heteroatoms. The van der Waals surface area contributed by atoms with Gasteiger partial charge in [-0.05, 0) is 37.3 Å². The minimum absolute atomic E-state index is 0.296. The molecule has 3 rings (SSSR count). The molecule has 0 aromatic carbocycles. The number of pyridine rings is 1. The van der Waals surface area contributed by atoms with Crippen LogP contribution in [0.4, 0.5) is 0 Å². The molecule has 0 saturated heterocycles. The fourth-order valence-electron chi connectivity index (χ4n) is 2.51. The van der Waals surface area contributed by atoms with Crippen LogP contribution >= 0.6 is 0 Å². The Morgan fingerprint density at radius 1 is 1.44 bits per heavy atom. The van der Waals surface area contributed by atoms with Crippen LogP contribution in [0.25, 0.3) is 11.3 Å².